The van der Waals surface area contributed by atoms with E-state index in [1.54, 1.807) is 27.3 Å². The molecule has 1 fully saturated rings. The number of thiazole rings is 1. The molecule has 4 rings (SSSR count). The van der Waals surface area contributed by atoms with Gasteiger partial charge in [0.15, 0.2) is 16.7 Å². The van der Waals surface area contributed by atoms with Crippen molar-refractivity contribution in [1.29, 1.82) is 0 Å². The van der Waals surface area contributed by atoms with Crippen LogP contribution in [0.1, 0.15) is 5.56 Å². The summed E-state index contributed by atoms with van der Waals surface area (Å²) in [5.74, 6) is 1.07. The second-order valence-electron chi connectivity index (χ2n) is 6.33. The van der Waals surface area contributed by atoms with E-state index in [9.17, 15) is 4.79 Å². The van der Waals surface area contributed by atoms with Crippen LogP contribution >= 0.6 is 23.1 Å². The van der Waals surface area contributed by atoms with Crippen molar-refractivity contribution in [2.75, 3.05) is 21.3 Å². The van der Waals surface area contributed by atoms with Crippen LogP contribution in [0.2, 0.25) is 0 Å². The molecule has 1 aliphatic heterocycles. The summed E-state index contributed by atoms with van der Waals surface area (Å²) in [4.78, 5) is 24.0. The normalized spacial score (nSPS) is 16.5. The minimum absolute atomic E-state index is 0.122. The lowest BCUT2D eigenvalue weighted by Crippen LogP contribution is -2.23. The molecule has 0 aliphatic carbocycles. The Balaban J connectivity index is 1.62. The summed E-state index contributed by atoms with van der Waals surface area (Å²) in [7, 11) is 4.87. The lowest BCUT2D eigenvalue weighted by atomic mass is 10.1. The molecule has 0 saturated carbocycles. The van der Waals surface area contributed by atoms with Crippen molar-refractivity contribution in [3.63, 3.8) is 0 Å². The van der Waals surface area contributed by atoms with Crippen molar-refractivity contribution >= 4 is 45.4 Å². The zero-order valence-electron chi connectivity index (χ0n) is 16.7. The van der Waals surface area contributed by atoms with Gasteiger partial charge in [0.1, 0.15) is 0 Å². The lowest BCUT2D eigenvalue weighted by Gasteiger charge is -2.10. The Labute approximate surface area is 182 Å². The molecular formula is C22H19N3O3S2. The molecule has 1 aliphatic rings. The molecule has 2 heterocycles. The van der Waals surface area contributed by atoms with Gasteiger partial charge in [-0.25, -0.2) is 4.98 Å². The number of nitrogens with zero attached hydrogens (tertiary/aromatic N) is 3. The Morgan fingerprint density at radius 2 is 1.87 bits per heavy atom. The highest BCUT2D eigenvalue weighted by Gasteiger charge is 2.31. The number of aromatic nitrogens is 1. The molecule has 1 amide bonds. The molecule has 30 heavy (non-hydrogen) atoms. The van der Waals surface area contributed by atoms with Gasteiger partial charge in [-0.1, -0.05) is 42.5 Å². The summed E-state index contributed by atoms with van der Waals surface area (Å²) in [6, 6.07) is 15.5. The number of hydrogen-bond donors (Lipinski definition) is 0. The standard InChI is InChI=1S/C22H19N3O3S2/c1-25-20(26)18(12-15-10-7-11-17(27-2)19(15)28-3)30-22(25)24-21-23-16(13-29-21)14-8-5-4-6-9-14/h4-13H,1-3H3/b18-12-,24-22+. The average Bonchev–Trinajstić information content (AvgIpc) is 3.35. The lowest BCUT2D eigenvalue weighted by molar-refractivity contribution is -0.121. The molecule has 2 aromatic carbocycles. The van der Waals surface area contributed by atoms with Gasteiger partial charge in [0.05, 0.1) is 24.8 Å². The SMILES string of the molecule is COc1cccc(/C=C2\S/C(=N/c3nc(-c4ccccc4)cs3)N(C)C2=O)c1OC. The highest BCUT2D eigenvalue weighted by Crippen LogP contribution is 2.38. The van der Waals surface area contributed by atoms with Gasteiger partial charge in [-0.05, 0) is 23.9 Å². The van der Waals surface area contributed by atoms with Crippen molar-refractivity contribution in [1.82, 2.24) is 9.88 Å². The highest BCUT2D eigenvalue weighted by atomic mass is 32.2. The molecule has 0 N–H and O–H groups in total. The van der Waals surface area contributed by atoms with Crippen LogP contribution in [0.15, 0.2) is 63.8 Å². The summed E-state index contributed by atoms with van der Waals surface area (Å²) in [6.45, 7) is 0. The fourth-order valence-electron chi connectivity index (χ4n) is 2.96. The smallest absolute Gasteiger partial charge is 0.266 e. The quantitative estimate of drug-likeness (QED) is 0.522. The van der Waals surface area contributed by atoms with Gasteiger partial charge < -0.3 is 9.47 Å². The predicted octanol–water partition coefficient (Wildman–Crippen LogP) is 5.06. The minimum Gasteiger partial charge on any atom is -0.493 e. The number of benzene rings is 2. The van der Waals surface area contributed by atoms with Crippen molar-refractivity contribution in [3.8, 4) is 22.8 Å². The third-order valence-corrected chi connectivity index (χ3v) is 6.27. The Hall–Kier alpha value is -3.10. The maximum atomic E-state index is 12.8. The second-order valence-corrected chi connectivity index (χ2v) is 8.18. The maximum absolute atomic E-state index is 12.8. The first kappa shape index (κ1) is 20.2. The fraction of sp³-hybridized carbons (Fsp3) is 0.136. The van der Waals surface area contributed by atoms with Gasteiger partial charge >= 0.3 is 0 Å². The number of ether oxygens (including phenoxy) is 2. The molecule has 1 aromatic heterocycles. The topological polar surface area (TPSA) is 64.0 Å². The van der Waals surface area contributed by atoms with E-state index < -0.39 is 0 Å². The summed E-state index contributed by atoms with van der Waals surface area (Å²) >= 11 is 2.76. The molecule has 0 unspecified atom stereocenters. The van der Waals surface area contributed by atoms with E-state index in [4.69, 9.17) is 9.47 Å². The molecule has 0 radical (unpaired) electrons. The van der Waals surface area contributed by atoms with Crippen molar-refractivity contribution in [2.45, 2.75) is 0 Å². The summed E-state index contributed by atoms with van der Waals surface area (Å²) in [6.07, 6.45) is 1.80. The van der Waals surface area contributed by atoms with Crippen LogP contribution in [-0.4, -0.2) is 42.2 Å². The number of methoxy groups -OCH3 is 2. The first-order chi connectivity index (χ1) is 14.6. The first-order valence-electron chi connectivity index (χ1n) is 9.09. The van der Waals surface area contributed by atoms with E-state index in [-0.39, 0.29) is 5.91 Å². The number of para-hydroxylation sites is 1. The Bertz CT molecular complexity index is 1140. The number of aliphatic imine (C=N–C) groups is 1. The molecule has 0 atom stereocenters. The Morgan fingerprint density at radius 3 is 2.60 bits per heavy atom. The van der Waals surface area contributed by atoms with Gasteiger partial charge in [-0.2, -0.15) is 4.99 Å². The van der Waals surface area contributed by atoms with E-state index in [1.807, 2.05) is 53.9 Å². The fourth-order valence-corrected chi connectivity index (χ4v) is 4.67. The van der Waals surface area contributed by atoms with Crippen LogP contribution in [0.5, 0.6) is 11.5 Å². The van der Waals surface area contributed by atoms with Crippen molar-refractivity contribution < 1.29 is 14.3 Å². The number of thioether (sulfide) groups is 1. The Morgan fingerprint density at radius 1 is 1.07 bits per heavy atom. The number of amides is 1. The van der Waals surface area contributed by atoms with Crippen LogP contribution in [0.25, 0.3) is 17.3 Å². The Kier molecular flexibility index (Phi) is 5.87. The first-order valence-corrected chi connectivity index (χ1v) is 10.8. The molecule has 3 aromatic rings. The molecule has 8 heteroatoms. The summed E-state index contributed by atoms with van der Waals surface area (Å²) in [5.41, 5.74) is 2.67. The van der Waals surface area contributed by atoms with Gasteiger partial charge in [0.25, 0.3) is 5.91 Å². The van der Waals surface area contributed by atoms with E-state index in [2.05, 4.69) is 9.98 Å². The zero-order chi connectivity index (χ0) is 21.1. The molecule has 152 valence electrons. The molecular weight excluding hydrogens is 418 g/mol. The van der Waals surface area contributed by atoms with Crippen molar-refractivity contribution in [2.24, 2.45) is 4.99 Å². The molecule has 0 bridgehead atoms. The van der Waals surface area contributed by atoms with Crippen LogP contribution < -0.4 is 9.47 Å². The van der Waals surface area contributed by atoms with Crippen molar-refractivity contribution in [3.05, 3.63) is 64.4 Å². The molecule has 0 spiro atoms. The van der Waals surface area contributed by atoms with Gasteiger partial charge in [0.2, 0.25) is 5.13 Å². The van der Waals surface area contributed by atoms with E-state index >= 15 is 0 Å². The minimum atomic E-state index is -0.122. The third kappa shape index (κ3) is 3.96. The third-order valence-electron chi connectivity index (χ3n) is 4.48. The number of likely N-dealkylation sites (N-methyl/N-ethyl adjacent to an activating group) is 1. The van der Waals surface area contributed by atoms with E-state index in [0.717, 1.165) is 16.8 Å². The number of hydrogen-bond acceptors (Lipinski definition) is 7. The number of rotatable bonds is 5. The molecule has 6 nitrogen and oxygen atoms in total. The maximum Gasteiger partial charge on any atom is 0.266 e. The predicted molar refractivity (Wildman–Crippen MR) is 123 cm³/mol. The van der Waals surface area contributed by atoms with Crippen LogP contribution in [0.3, 0.4) is 0 Å². The van der Waals surface area contributed by atoms with Crippen LogP contribution in [-0.2, 0) is 4.79 Å². The van der Waals surface area contributed by atoms with Crippen LogP contribution in [0.4, 0.5) is 5.13 Å². The molecule has 1 saturated heterocycles. The number of amidine groups is 1. The van der Waals surface area contributed by atoms with E-state index in [1.165, 1.54) is 28.0 Å². The van der Waals surface area contributed by atoms with Gasteiger partial charge in [0, 0.05) is 23.6 Å². The average molecular weight is 438 g/mol. The van der Waals surface area contributed by atoms with E-state index in [0.29, 0.717) is 26.7 Å². The number of carbonyl (C=O) groups excluding carboxylic acids is 1. The summed E-state index contributed by atoms with van der Waals surface area (Å²) in [5, 5.41) is 3.16. The monoisotopic (exact) mass is 437 g/mol. The van der Waals surface area contributed by atoms with Gasteiger partial charge in [-0.3, -0.25) is 9.69 Å². The highest BCUT2D eigenvalue weighted by molar-refractivity contribution is 8.18. The summed E-state index contributed by atoms with van der Waals surface area (Å²) < 4.78 is 10.8. The zero-order valence-corrected chi connectivity index (χ0v) is 18.3. The number of carbonyl (C=O) groups is 1. The van der Waals surface area contributed by atoms with Crippen LogP contribution in [0, 0.1) is 0 Å². The second kappa shape index (κ2) is 8.73. The van der Waals surface area contributed by atoms with Gasteiger partial charge in [-0.15, -0.1) is 11.3 Å². The largest absolute Gasteiger partial charge is 0.493 e.